The lowest BCUT2D eigenvalue weighted by molar-refractivity contribution is -0.368. The molecule has 0 aromatic carbocycles. The third-order valence-corrected chi connectivity index (χ3v) is 3.59. The molecule has 3 nitrogen and oxygen atoms in total. The molecule has 3 heteroatoms. The van der Waals surface area contributed by atoms with Gasteiger partial charge in [-0.05, 0) is 25.7 Å². The van der Waals surface area contributed by atoms with Gasteiger partial charge in [0, 0.05) is 5.97 Å². The van der Waals surface area contributed by atoms with Crippen molar-refractivity contribution in [1.29, 1.82) is 0 Å². The average Bonchev–Trinajstić information content (AvgIpc) is 2.46. The lowest BCUT2D eigenvalue weighted by Gasteiger charge is -2.00. The monoisotopic (exact) mass is 301 g/mol. The molecular weight excluding hydrogens is 262 g/mol. The molecule has 0 unspecified atom stereocenters. The highest BCUT2D eigenvalue weighted by Crippen LogP contribution is 2.09. The number of unbranched alkanes of at least 4 members (excludes halogenated alkanes) is 11. The lowest BCUT2D eigenvalue weighted by atomic mass is 10.1. The summed E-state index contributed by atoms with van der Waals surface area (Å²) >= 11 is 0. The molecule has 0 aliphatic heterocycles. The van der Waals surface area contributed by atoms with Gasteiger partial charge < -0.3 is 15.6 Å². The Kier molecular flexibility index (Phi) is 23.5. The Labute approximate surface area is 132 Å². The summed E-state index contributed by atoms with van der Waals surface area (Å²) in [6.07, 6.45) is 17.3. The van der Waals surface area contributed by atoms with Gasteiger partial charge in [0.2, 0.25) is 0 Å². The molecular formula is C18H39NO2. The predicted octanol–water partition coefficient (Wildman–Crippen LogP) is 3.47. The number of hydrogen-bond acceptors (Lipinski definition) is 2. The van der Waals surface area contributed by atoms with Crippen molar-refractivity contribution in [1.82, 2.24) is 0 Å². The zero-order valence-electron chi connectivity index (χ0n) is 14.6. The van der Waals surface area contributed by atoms with Gasteiger partial charge in [-0.2, -0.15) is 0 Å². The first-order valence-corrected chi connectivity index (χ1v) is 9.18. The SMILES string of the molecule is CCCCCC(=O)[O-].CCCCCCCCCCCC[NH3+]. The van der Waals surface area contributed by atoms with Gasteiger partial charge in [-0.25, -0.2) is 0 Å². The van der Waals surface area contributed by atoms with Gasteiger partial charge in [0.1, 0.15) is 0 Å². The lowest BCUT2D eigenvalue weighted by Crippen LogP contribution is -2.50. The van der Waals surface area contributed by atoms with Crippen LogP contribution in [0.5, 0.6) is 0 Å². The second-order valence-electron chi connectivity index (χ2n) is 5.86. The minimum Gasteiger partial charge on any atom is -0.550 e. The van der Waals surface area contributed by atoms with E-state index in [9.17, 15) is 9.90 Å². The fourth-order valence-electron chi connectivity index (χ4n) is 2.18. The Hall–Kier alpha value is -0.570. The molecule has 0 aliphatic rings. The summed E-state index contributed by atoms with van der Waals surface area (Å²) in [5, 5.41) is 9.76. The van der Waals surface area contributed by atoms with Crippen LogP contribution in [0.25, 0.3) is 0 Å². The highest BCUT2D eigenvalue weighted by atomic mass is 16.4. The van der Waals surface area contributed by atoms with Crippen molar-refractivity contribution < 1.29 is 15.6 Å². The summed E-state index contributed by atoms with van der Waals surface area (Å²) in [6, 6.07) is 0. The number of carboxylic acid groups (broad SMARTS) is 1. The molecule has 0 saturated heterocycles. The van der Waals surface area contributed by atoms with Crippen molar-refractivity contribution in [3.05, 3.63) is 0 Å². The van der Waals surface area contributed by atoms with Gasteiger partial charge in [-0.15, -0.1) is 0 Å². The van der Waals surface area contributed by atoms with Crippen LogP contribution in [0.2, 0.25) is 0 Å². The molecule has 0 bridgehead atoms. The molecule has 21 heavy (non-hydrogen) atoms. The number of hydrogen-bond donors (Lipinski definition) is 1. The van der Waals surface area contributed by atoms with E-state index < -0.39 is 5.97 Å². The van der Waals surface area contributed by atoms with Crippen molar-refractivity contribution in [3.63, 3.8) is 0 Å². The van der Waals surface area contributed by atoms with E-state index in [0.717, 1.165) is 25.8 Å². The smallest absolute Gasteiger partial charge is 0.0739 e. The van der Waals surface area contributed by atoms with Gasteiger partial charge in [0.25, 0.3) is 0 Å². The molecule has 0 radical (unpaired) electrons. The first-order valence-electron chi connectivity index (χ1n) is 9.18. The van der Waals surface area contributed by atoms with E-state index in [0.29, 0.717) is 0 Å². The molecule has 0 spiro atoms. The summed E-state index contributed by atoms with van der Waals surface area (Å²) in [5.74, 6) is -0.932. The topological polar surface area (TPSA) is 67.8 Å². The van der Waals surface area contributed by atoms with E-state index in [1.165, 1.54) is 64.2 Å². The predicted molar refractivity (Wildman–Crippen MR) is 88.7 cm³/mol. The maximum atomic E-state index is 9.76. The van der Waals surface area contributed by atoms with E-state index >= 15 is 0 Å². The van der Waals surface area contributed by atoms with Crippen molar-refractivity contribution >= 4 is 5.97 Å². The Morgan fingerprint density at radius 2 is 1.10 bits per heavy atom. The molecule has 0 aromatic heterocycles. The van der Waals surface area contributed by atoms with Gasteiger partial charge in [-0.3, -0.25) is 0 Å². The average molecular weight is 302 g/mol. The normalized spacial score (nSPS) is 10.0. The number of aliphatic carboxylic acids is 1. The molecule has 0 saturated carbocycles. The largest absolute Gasteiger partial charge is 0.550 e. The fraction of sp³-hybridized carbons (Fsp3) is 0.944. The highest BCUT2D eigenvalue weighted by Gasteiger charge is 1.91. The van der Waals surface area contributed by atoms with Gasteiger partial charge in [0.15, 0.2) is 0 Å². The summed E-state index contributed by atoms with van der Waals surface area (Å²) in [5.41, 5.74) is 3.85. The maximum Gasteiger partial charge on any atom is 0.0739 e. The molecule has 0 fully saturated rings. The molecule has 0 heterocycles. The Bertz CT molecular complexity index is 186. The number of carbonyl (C=O) groups excluding carboxylic acids is 1. The first-order chi connectivity index (χ1) is 10.2. The van der Waals surface area contributed by atoms with E-state index in [4.69, 9.17) is 0 Å². The molecule has 0 aromatic rings. The number of carbonyl (C=O) groups is 1. The van der Waals surface area contributed by atoms with Crippen molar-refractivity contribution in [2.45, 2.75) is 104 Å². The zero-order chi connectivity index (χ0) is 16.2. The van der Waals surface area contributed by atoms with Crippen LogP contribution in [0.1, 0.15) is 104 Å². The van der Waals surface area contributed by atoms with Crippen LogP contribution in [0.4, 0.5) is 0 Å². The van der Waals surface area contributed by atoms with Crippen LogP contribution in [0.3, 0.4) is 0 Å². The van der Waals surface area contributed by atoms with Crippen LogP contribution in [0.15, 0.2) is 0 Å². The third-order valence-electron chi connectivity index (χ3n) is 3.59. The van der Waals surface area contributed by atoms with Crippen molar-refractivity contribution in [3.8, 4) is 0 Å². The number of carboxylic acids is 1. The summed E-state index contributed by atoms with van der Waals surface area (Å²) < 4.78 is 0. The summed E-state index contributed by atoms with van der Waals surface area (Å²) in [4.78, 5) is 9.76. The Morgan fingerprint density at radius 1 is 0.714 bits per heavy atom. The standard InChI is InChI=1S/C12H27N.C6H12O2/c1-2-3-4-5-6-7-8-9-10-11-12-13;1-2-3-4-5-6(7)8/h2-13H2,1H3;2-5H2,1H3,(H,7,8). The molecule has 0 aliphatic carbocycles. The minimum atomic E-state index is -0.932. The van der Waals surface area contributed by atoms with Gasteiger partial charge >= 0.3 is 0 Å². The zero-order valence-corrected chi connectivity index (χ0v) is 14.6. The van der Waals surface area contributed by atoms with Crippen molar-refractivity contribution in [2.75, 3.05) is 6.54 Å². The van der Waals surface area contributed by atoms with Crippen molar-refractivity contribution in [2.24, 2.45) is 0 Å². The van der Waals surface area contributed by atoms with Gasteiger partial charge in [-0.1, -0.05) is 78.1 Å². The highest BCUT2D eigenvalue weighted by molar-refractivity contribution is 5.63. The molecule has 3 N–H and O–H groups in total. The molecule has 128 valence electrons. The fourth-order valence-corrected chi connectivity index (χ4v) is 2.18. The van der Waals surface area contributed by atoms with Crippen LogP contribution in [0, 0.1) is 0 Å². The second-order valence-corrected chi connectivity index (χ2v) is 5.86. The molecule has 0 rings (SSSR count). The van der Waals surface area contributed by atoms with E-state index in [2.05, 4.69) is 12.7 Å². The van der Waals surface area contributed by atoms with Crippen LogP contribution in [-0.2, 0) is 4.79 Å². The Morgan fingerprint density at radius 3 is 1.48 bits per heavy atom. The minimum absolute atomic E-state index is 0.216. The van der Waals surface area contributed by atoms with Gasteiger partial charge in [0.05, 0.1) is 6.54 Å². The molecule has 0 amide bonds. The van der Waals surface area contributed by atoms with E-state index in [1.807, 2.05) is 6.92 Å². The first kappa shape index (κ1) is 22.7. The van der Waals surface area contributed by atoms with E-state index in [1.54, 1.807) is 0 Å². The number of rotatable bonds is 14. The molecule has 0 atom stereocenters. The number of quaternary nitrogens is 1. The Balaban J connectivity index is 0. The van der Waals surface area contributed by atoms with E-state index in [-0.39, 0.29) is 6.42 Å². The van der Waals surface area contributed by atoms with Crippen LogP contribution < -0.4 is 10.8 Å². The second kappa shape index (κ2) is 21.7. The summed E-state index contributed by atoms with van der Waals surface area (Å²) in [6.45, 7) is 5.44. The van der Waals surface area contributed by atoms with Crippen LogP contribution >= 0.6 is 0 Å². The third kappa shape index (κ3) is 28.3. The van der Waals surface area contributed by atoms with Crippen LogP contribution in [-0.4, -0.2) is 12.5 Å². The summed E-state index contributed by atoms with van der Waals surface area (Å²) in [7, 11) is 0. The maximum absolute atomic E-state index is 9.76. The quantitative estimate of drug-likeness (QED) is 0.499.